The summed E-state index contributed by atoms with van der Waals surface area (Å²) in [4.78, 5) is 52.6. The summed E-state index contributed by atoms with van der Waals surface area (Å²) in [5.41, 5.74) is 6.98. The minimum absolute atomic E-state index is 0.0145. The van der Waals surface area contributed by atoms with Crippen molar-refractivity contribution < 1.29 is 45.9 Å². The third-order valence-corrected chi connectivity index (χ3v) is 7.87. The van der Waals surface area contributed by atoms with Crippen molar-refractivity contribution in [3.05, 3.63) is 35.9 Å². The highest BCUT2D eigenvalue weighted by Gasteiger charge is 2.43. The van der Waals surface area contributed by atoms with Gasteiger partial charge in [-0.3, -0.25) is 14.1 Å². The predicted octanol–water partition coefficient (Wildman–Crippen LogP) is -1.39. The van der Waals surface area contributed by atoms with Gasteiger partial charge in [0, 0.05) is 33.3 Å². The van der Waals surface area contributed by atoms with Crippen molar-refractivity contribution in [1.82, 2.24) is 49.8 Å². The molecule has 4 amide bonds. The molecule has 6 rings (SSSR count). The first-order valence-corrected chi connectivity index (χ1v) is 16.2. The van der Waals surface area contributed by atoms with E-state index in [9.17, 15) is 27.6 Å². The summed E-state index contributed by atoms with van der Waals surface area (Å²) in [6.07, 6.45) is 7.38. The Hall–Kier alpha value is -4.61. The Labute approximate surface area is 274 Å². The number of hydrogen-bond acceptors (Lipinski definition) is 14. The van der Waals surface area contributed by atoms with Gasteiger partial charge >= 0.3 is 22.5 Å². The molecule has 0 saturated carbocycles. The number of Topliss-reactive ketones (excluding diaryl/α,β-unsaturated/α-hetero) is 2. The van der Waals surface area contributed by atoms with E-state index in [2.05, 4.69) is 24.9 Å². The van der Waals surface area contributed by atoms with Crippen molar-refractivity contribution >= 4 is 45.4 Å². The first-order valence-electron chi connectivity index (χ1n) is 14.8. The molecule has 6 heterocycles. The lowest BCUT2D eigenvalue weighted by Crippen LogP contribution is -2.35. The molecule has 0 aliphatic carbocycles. The number of hydrogen-bond donors (Lipinski definition) is 2. The average molecular weight is 694 g/mol. The zero-order valence-electron chi connectivity index (χ0n) is 26.1. The lowest BCUT2D eigenvalue weighted by molar-refractivity contribution is -0.0183. The Balaban J connectivity index is 0.000000190. The molecule has 2 aromatic rings. The number of carbonyl (C=O) groups excluding carboxylic acids is 4. The quantitative estimate of drug-likeness (QED) is 0.131. The average Bonchev–Trinajstić information content (AvgIpc) is 3.84. The van der Waals surface area contributed by atoms with Gasteiger partial charge in [0.15, 0.2) is 11.4 Å². The van der Waals surface area contributed by atoms with Gasteiger partial charge in [0.2, 0.25) is 11.6 Å². The molecule has 4 bridgehead atoms. The van der Waals surface area contributed by atoms with E-state index in [-0.39, 0.29) is 67.9 Å². The minimum atomic E-state index is -4.83. The molecular weight excluding hydrogens is 658 g/mol. The summed E-state index contributed by atoms with van der Waals surface area (Å²) in [6, 6.07) is -1.40. The van der Waals surface area contributed by atoms with Crippen LogP contribution < -0.4 is 5.73 Å². The Morgan fingerprint density at radius 3 is 1.94 bits per heavy atom. The molecule has 4 aliphatic heterocycles. The number of carbonyl (C=O) groups is 4. The molecule has 4 aliphatic rings. The molecule has 2 saturated heterocycles. The van der Waals surface area contributed by atoms with Crippen LogP contribution in [0.2, 0.25) is 0 Å². The van der Waals surface area contributed by atoms with Crippen LogP contribution in [-0.2, 0) is 24.2 Å². The Morgan fingerprint density at radius 1 is 0.896 bits per heavy atom. The third-order valence-electron chi connectivity index (χ3n) is 7.52. The zero-order chi connectivity index (χ0) is 34.6. The maximum absolute atomic E-state index is 12.1. The van der Waals surface area contributed by atoms with Crippen molar-refractivity contribution in [1.29, 1.82) is 0 Å². The molecule has 0 spiro atoms. The number of amides is 4. The first-order chi connectivity index (χ1) is 22.9. The zero-order valence-corrected chi connectivity index (χ0v) is 26.9. The smallest absolute Gasteiger partial charge is 0.373 e. The van der Waals surface area contributed by atoms with Crippen LogP contribution in [0, 0.1) is 0 Å². The predicted molar refractivity (Wildman–Crippen MR) is 162 cm³/mol. The largest absolute Gasteiger partial charge is 0.418 e. The number of hydroxylamine groups is 2. The van der Waals surface area contributed by atoms with Crippen LogP contribution in [0.1, 0.15) is 34.3 Å². The Morgan fingerprint density at radius 2 is 1.42 bits per heavy atom. The summed E-state index contributed by atoms with van der Waals surface area (Å²) in [5.74, 6) is -0.565. The number of rotatable bonds is 14. The fraction of sp³-hybridized carbons (Fsp3) is 0.538. The monoisotopic (exact) mass is 693 g/mol. The number of nitrogens with two attached hydrogens (primary N) is 1. The second kappa shape index (κ2) is 14.7. The summed E-state index contributed by atoms with van der Waals surface area (Å²) < 4.78 is 48.0. The van der Waals surface area contributed by atoms with Crippen LogP contribution in [0.3, 0.4) is 0 Å². The van der Waals surface area contributed by atoms with Crippen molar-refractivity contribution in [2.24, 2.45) is 5.73 Å². The first kappa shape index (κ1) is 34.7. The van der Waals surface area contributed by atoms with E-state index in [1.54, 1.807) is 33.8 Å². The van der Waals surface area contributed by atoms with Gasteiger partial charge in [-0.25, -0.2) is 19.0 Å². The summed E-state index contributed by atoms with van der Waals surface area (Å²) in [6.45, 7) is 4.36. The maximum atomic E-state index is 12.1. The van der Waals surface area contributed by atoms with Crippen LogP contribution in [0.4, 0.5) is 9.59 Å². The molecule has 2 aromatic heterocycles. The van der Waals surface area contributed by atoms with Gasteiger partial charge in [-0.1, -0.05) is 17.4 Å². The molecule has 48 heavy (non-hydrogen) atoms. The number of urea groups is 2. The molecule has 2 fully saturated rings. The third kappa shape index (κ3) is 7.91. The van der Waals surface area contributed by atoms with Crippen LogP contribution in [0.5, 0.6) is 0 Å². The van der Waals surface area contributed by atoms with E-state index < -0.39 is 22.5 Å². The molecule has 2 unspecified atom stereocenters. The van der Waals surface area contributed by atoms with Crippen LogP contribution >= 0.6 is 0 Å². The van der Waals surface area contributed by atoms with Crippen LogP contribution in [0.15, 0.2) is 24.5 Å². The fourth-order valence-electron chi connectivity index (χ4n) is 5.20. The van der Waals surface area contributed by atoms with Gasteiger partial charge in [-0.15, -0.1) is 14.5 Å². The molecule has 21 nitrogen and oxygen atoms in total. The van der Waals surface area contributed by atoms with Crippen molar-refractivity contribution in [3.8, 4) is 0 Å². The fourth-order valence-corrected chi connectivity index (χ4v) is 5.57. The second-order valence-corrected chi connectivity index (χ2v) is 12.1. The normalized spacial score (nSPS) is 20.2. The summed E-state index contributed by atoms with van der Waals surface area (Å²) in [7, 11) is -3.05. The number of fused-ring (bicyclic) bond motifs is 4. The Bertz CT molecular complexity index is 1720. The van der Waals surface area contributed by atoms with Gasteiger partial charge in [0.25, 0.3) is 0 Å². The standard InChI is InChI=1S/C14H19N5O3.C12H16N6O7S/c1-3-4-22-9-13(20)12-8-19(16-15-12)11-5-10-6-18(7-11)14(21)17(10)2;13-1-2-24-7-11(19)10-6-17(15-14-10)8-3-9-5-16(4-8)12(20)18(9)25-26(21,22)23/h5,8,10H,3-4,6-7,9H2,1-2H3;3,6,9H,1-2,4-5,7,13H2,(H,21,22,23). The second-order valence-electron chi connectivity index (χ2n) is 11.1. The molecule has 22 heteroatoms. The van der Waals surface area contributed by atoms with Crippen LogP contribution in [-0.4, -0.2) is 165 Å². The summed E-state index contributed by atoms with van der Waals surface area (Å²) in [5, 5.41) is 16.1. The van der Waals surface area contributed by atoms with Crippen molar-refractivity contribution in [3.63, 3.8) is 0 Å². The molecular formula is C26H35N11O10S. The van der Waals surface area contributed by atoms with Gasteiger partial charge in [0.1, 0.15) is 19.3 Å². The Kier molecular flexibility index (Phi) is 10.6. The van der Waals surface area contributed by atoms with Crippen molar-refractivity contribution in [2.75, 3.05) is 66.2 Å². The van der Waals surface area contributed by atoms with E-state index in [0.29, 0.717) is 37.0 Å². The lowest BCUT2D eigenvalue weighted by Gasteiger charge is -2.20. The summed E-state index contributed by atoms with van der Waals surface area (Å²) >= 11 is 0. The highest BCUT2D eigenvalue weighted by atomic mass is 32.3. The van der Waals surface area contributed by atoms with Crippen molar-refractivity contribution in [2.45, 2.75) is 25.4 Å². The lowest BCUT2D eigenvalue weighted by atomic mass is 10.2. The minimum Gasteiger partial charge on any atom is -0.373 e. The number of ketones is 2. The molecule has 3 N–H and O–H groups in total. The van der Waals surface area contributed by atoms with Gasteiger partial charge < -0.3 is 29.9 Å². The van der Waals surface area contributed by atoms with Gasteiger partial charge in [0.05, 0.1) is 49.5 Å². The molecule has 0 aromatic carbocycles. The molecule has 260 valence electrons. The van der Waals surface area contributed by atoms with Gasteiger partial charge in [-0.05, 0) is 18.6 Å². The van der Waals surface area contributed by atoms with Crippen LogP contribution in [0.25, 0.3) is 11.4 Å². The van der Waals surface area contributed by atoms with E-state index in [0.717, 1.165) is 12.1 Å². The molecule has 2 atom stereocenters. The number of aromatic nitrogens is 6. The maximum Gasteiger partial charge on any atom is 0.418 e. The van der Waals surface area contributed by atoms with E-state index in [1.165, 1.54) is 15.8 Å². The van der Waals surface area contributed by atoms with E-state index >= 15 is 0 Å². The highest BCUT2D eigenvalue weighted by Crippen LogP contribution is 2.27. The highest BCUT2D eigenvalue weighted by molar-refractivity contribution is 7.80. The number of ether oxygens (including phenoxy) is 2. The molecule has 0 radical (unpaired) electrons. The number of nitrogens with zero attached hydrogens (tertiary/aromatic N) is 10. The topological polar surface area (TPSA) is 251 Å². The number of likely N-dealkylation sites (N-methyl/N-ethyl adjacent to an activating group) is 1. The van der Waals surface area contributed by atoms with Gasteiger partial charge in [-0.2, -0.15) is 13.5 Å². The SMILES string of the molecule is CCCOCC(=O)c1cn(C2=CC3CN(C2)C(=O)N3C)nn1.NCCOCC(=O)c1cn(C2=CC3CN(C2)C(=O)N3OS(=O)(=O)O)nn1. The van der Waals surface area contributed by atoms with E-state index in [4.69, 9.17) is 19.8 Å². The van der Waals surface area contributed by atoms with E-state index in [1.807, 2.05) is 13.0 Å².